The van der Waals surface area contributed by atoms with Crippen LogP contribution < -0.4 is 4.74 Å². The summed E-state index contributed by atoms with van der Waals surface area (Å²) in [5.41, 5.74) is 0.244. The van der Waals surface area contributed by atoms with Gasteiger partial charge in [0.1, 0.15) is 6.61 Å². The molecular formula is C10H5ClFN3OS. The molecule has 0 saturated carbocycles. The number of nitrogens with zero attached hydrogens (tertiary/aromatic N) is 3. The molecule has 86 valence electrons. The average Bonchev–Trinajstić information content (AvgIpc) is 2.73. The van der Waals surface area contributed by atoms with Gasteiger partial charge in [0.25, 0.3) is 0 Å². The lowest BCUT2D eigenvalue weighted by Gasteiger charge is -2.04. The molecule has 0 spiro atoms. The van der Waals surface area contributed by atoms with E-state index < -0.39 is 5.82 Å². The highest BCUT2D eigenvalue weighted by Crippen LogP contribution is 2.21. The summed E-state index contributed by atoms with van der Waals surface area (Å²) in [6.07, 6.45) is 0. The number of nitriles is 1. The van der Waals surface area contributed by atoms with E-state index in [0.717, 1.165) is 17.4 Å². The van der Waals surface area contributed by atoms with Crippen LogP contribution in [0.2, 0.25) is 4.47 Å². The van der Waals surface area contributed by atoms with Gasteiger partial charge in [0, 0.05) is 0 Å². The van der Waals surface area contributed by atoms with Gasteiger partial charge in [-0.05, 0) is 29.8 Å². The Morgan fingerprint density at radius 2 is 2.29 bits per heavy atom. The molecule has 0 fully saturated rings. The van der Waals surface area contributed by atoms with E-state index in [1.807, 2.05) is 6.07 Å². The van der Waals surface area contributed by atoms with Gasteiger partial charge in [-0.1, -0.05) is 11.3 Å². The summed E-state index contributed by atoms with van der Waals surface area (Å²) in [7, 11) is 0. The minimum absolute atomic E-state index is 0.0651. The molecule has 2 aromatic rings. The monoisotopic (exact) mass is 269 g/mol. The van der Waals surface area contributed by atoms with Gasteiger partial charge in [-0.3, -0.25) is 0 Å². The van der Waals surface area contributed by atoms with Gasteiger partial charge in [0.2, 0.25) is 4.47 Å². The zero-order chi connectivity index (χ0) is 12.3. The molecule has 0 aliphatic carbocycles. The van der Waals surface area contributed by atoms with Crippen LogP contribution in [0.1, 0.15) is 10.6 Å². The smallest absolute Gasteiger partial charge is 0.207 e. The van der Waals surface area contributed by atoms with Gasteiger partial charge in [-0.2, -0.15) is 5.26 Å². The lowest BCUT2D eigenvalue weighted by molar-refractivity contribution is 0.289. The van der Waals surface area contributed by atoms with Gasteiger partial charge in [0.15, 0.2) is 16.6 Å². The number of hydrogen-bond acceptors (Lipinski definition) is 5. The Bertz CT molecular complexity index is 581. The molecular weight excluding hydrogens is 265 g/mol. The first-order valence-corrected chi connectivity index (χ1v) is 5.69. The zero-order valence-corrected chi connectivity index (χ0v) is 9.93. The van der Waals surface area contributed by atoms with E-state index in [2.05, 4.69) is 10.2 Å². The fourth-order valence-corrected chi connectivity index (χ4v) is 1.90. The Balaban J connectivity index is 2.07. The molecule has 1 heterocycles. The summed E-state index contributed by atoms with van der Waals surface area (Å²) < 4.78 is 18.9. The molecule has 7 heteroatoms. The van der Waals surface area contributed by atoms with E-state index in [1.165, 1.54) is 12.1 Å². The summed E-state index contributed by atoms with van der Waals surface area (Å²) in [5.74, 6) is -0.519. The predicted octanol–water partition coefficient (Wildman–Crippen LogP) is 2.78. The molecule has 0 aliphatic rings. The van der Waals surface area contributed by atoms with E-state index in [1.54, 1.807) is 0 Å². The maximum Gasteiger partial charge on any atom is 0.207 e. The van der Waals surface area contributed by atoms with Gasteiger partial charge >= 0.3 is 0 Å². The molecule has 0 aliphatic heterocycles. The van der Waals surface area contributed by atoms with E-state index >= 15 is 0 Å². The second-order valence-electron chi connectivity index (χ2n) is 2.99. The molecule has 1 aromatic carbocycles. The van der Waals surface area contributed by atoms with Crippen LogP contribution in [-0.4, -0.2) is 10.2 Å². The van der Waals surface area contributed by atoms with Crippen LogP contribution >= 0.6 is 22.9 Å². The van der Waals surface area contributed by atoms with Crippen molar-refractivity contribution >= 4 is 22.9 Å². The van der Waals surface area contributed by atoms with E-state index in [9.17, 15) is 4.39 Å². The first kappa shape index (κ1) is 11.8. The van der Waals surface area contributed by atoms with E-state index in [0.29, 0.717) is 9.47 Å². The van der Waals surface area contributed by atoms with Crippen LogP contribution in [0.4, 0.5) is 4.39 Å². The van der Waals surface area contributed by atoms with Gasteiger partial charge < -0.3 is 4.74 Å². The Hall–Kier alpha value is -1.71. The molecule has 0 saturated heterocycles. The van der Waals surface area contributed by atoms with Gasteiger partial charge in [0.05, 0.1) is 11.6 Å². The number of rotatable bonds is 3. The van der Waals surface area contributed by atoms with Gasteiger partial charge in [-0.25, -0.2) is 4.39 Å². The number of ether oxygens (including phenoxy) is 1. The van der Waals surface area contributed by atoms with Crippen molar-refractivity contribution in [1.82, 2.24) is 10.2 Å². The SMILES string of the molecule is N#Cc1ccc(OCc2nnc(Cl)s2)c(F)c1. The summed E-state index contributed by atoms with van der Waals surface area (Å²) in [6, 6.07) is 5.83. The second kappa shape index (κ2) is 5.08. The molecule has 2 rings (SSSR count). The Morgan fingerprint density at radius 1 is 1.47 bits per heavy atom. The third-order valence-electron chi connectivity index (χ3n) is 1.85. The Morgan fingerprint density at radius 3 is 2.88 bits per heavy atom. The van der Waals surface area contributed by atoms with E-state index in [-0.39, 0.29) is 17.9 Å². The van der Waals surface area contributed by atoms with Crippen LogP contribution in [0.5, 0.6) is 5.75 Å². The van der Waals surface area contributed by atoms with Crippen molar-refractivity contribution in [1.29, 1.82) is 5.26 Å². The molecule has 0 amide bonds. The normalized spacial score (nSPS) is 9.94. The van der Waals surface area contributed by atoms with Crippen molar-refractivity contribution < 1.29 is 9.13 Å². The lowest BCUT2D eigenvalue weighted by Crippen LogP contribution is -1.97. The molecule has 1 aromatic heterocycles. The van der Waals surface area contributed by atoms with Crippen LogP contribution in [0.15, 0.2) is 18.2 Å². The first-order chi connectivity index (χ1) is 8.19. The van der Waals surface area contributed by atoms with Crippen molar-refractivity contribution in [2.75, 3.05) is 0 Å². The highest BCUT2D eigenvalue weighted by atomic mass is 35.5. The number of hydrogen-bond donors (Lipinski definition) is 0. The maximum absolute atomic E-state index is 13.4. The van der Waals surface area contributed by atoms with Crippen LogP contribution in [0.3, 0.4) is 0 Å². The maximum atomic E-state index is 13.4. The third kappa shape index (κ3) is 2.90. The molecule has 0 radical (unpaired) electrons. The summed E-state index contributed by atoms with van der Waals surface area (Å²) in [4.78, 5) is 0. The fourth-order valence-electron chi connectivity index (χ4n) is 1.12. The number of halogens is 2. The van der Waals surface area contributed by atoms with Crippen LogP contribution in [0, 0.1) is 17.1 Å². The third-order valence-corrected chi connectivity index (χ3v) is 2.85. The Kier molecular flexibility index (Phi) is 3.52. The molecule has 4 nitrogen and oxygen atoms in total. The highest BCUT2D eigenvalue weighted by Gasteiger charge is 2.07. The number of aromatic nitrogens is 2. The summed E-state index contributed by atoms with van der Waals surface area (Å²) in [5, 5.41) is 16.5. The number of benzene rings is 1. The standard InChI is InChI=1S/C10H5ClFN3OS/c11-10-15-14-9(17-10)5-16-8-2-1-6(4-13)3-7(8)12/h1-3H,5H2. The molecule has 0 N–H and O–H groups in total. The summed E-state index contributed by atoms with van der Waals surface area (Å²) in [6.45, 7) is 0.0905. The lowest BCUT2D eigenvalue weighted by atomic mass is 10.2. The summed E-state index contributed by atoms with van der Waals surface area (Å²) >= 11 is 6.76. The highest BCUT2D eigenvalue weighted by molar-refractivity contribution is 7.15. The average molecular weight is 270 g/mol. The van der Waals surface area contributed by atoms with Crippen molar-refractivity contribution in [2.24, 2.45) is 0 Å². The minimum atomic E-state index is -0.584. The van der Waals surface area contributed by atoms with Crippen LogP contribution in [0.25, 0.3) is 0 Å². The van der Waals surface area contributed by atoms with Crippen molar-refractivity contribution in [3.8, 4) is 11.8 Å². The molecule has 0 bridgehead atoms. The molecule has 17 heavy (non-hydrogen) atoms. The van der Waals surface area contributed by atoms with Crippen LogP contribution in [-0.2, 0) is 6.61 Å². The van der Waals surface area contributed by atoms with Crippen molar-refractivity contribution in [3.05, 3.63) is 39.1 Å². The van der Waals surface area contributed by atoms with E-state index in [4.69, 9.17) is 21.6 Å². The quantitative estimate of drug-likeness (QED) is 0.860. The van der Waals surface area contributed by atoms with Crippen molar-refractivity contribution in [2.45, 2.75) is 6.61 Å². The van der Waals surface area contributed by atoms with Crippen molar-refractivity contribution in [3.63, 3.8) is 0 Å². The largest absolute Gasteiger partial charge is 0.483 e. The topological polar surface area (TPSA) is 58.8 Å². The fraction of sp³-hybridized carbons (Fsp3) is 0.100. The molecule has 0 unspecified atom stereocenters. The predicted molar refractivity (Wildman–Crippen MR) is 60.4 cm³/mol. The molecule has 0 atom stereocenters. The Labute approximate surface area is 105 Å². The van der Waals surface area contributed by atoms with Gasteiger partial charge in [-0.15, -0.1) is 10.2 Å². The zero-order valence-electron chi connectivity index (χ0n) is 8.35. The second-order valence-corrected chi connectivity index (χ2v) is 4.64. The minimum Gasteiger partial charge on any atom is -0.483 e. The first-order valence-electron chi connectivity index (χ1n) is 4.49.